The molecular weight excluding hydrogens is 550 g/mol. The smallest absolute Gasteiger partial charge is 0.162 e. The first-order valence-electron chi connectivity index (χ1n) is 17.0. The first kappa shape index (κ1) is 26.9. The van der Waals surface area contributed by atoms with Crippen molar-refractivity contribution in [1.29, 1.82) is 0 Å². The minimum Gasteiger partial charge on any atom is -0.455 e. The molecule has 0 unspecified atom stereocenters. The van der Waals surface area contributed by atoms with E-state index in [1.165, 1.54) is 79.0 Å². The van der Waals surface area contributed by atoms with Gasteiger partial charge in [-0.05, 0) is 92.5 Å². The molecule has 45 heavy (non-hydrogen) atoms. The molecule has 2 aliphatic carbocycles. The zero-order valence-electron chi connectivity index (χ0n) is 25.7. The lowest BCUT2D eigenvalue weighted by atomic mass is 9.78. The second-order valence-corrected chi connectivity index (χ2v) is 13.4. The molecule has 0 saturated heterocycles. The van der Waals surface area contributed by atoms with Crippen LogP contribution in [0.15, 0.2) is 124 Å². The average molecular weight is 590 g/mol. The van der Waals surface area contributed by atoms with Crippen LogP contribution in [0.1, 0.15) is 74.3 Å². The van der Waals surface area contributed by atoms with E-state index in [9.17, 15) is 0 Å². The van der Waals surface area contributed by atoms with Crippen molar-refractivity contribution in [3.05, 3.63) is 126 Å². The Kier molecular flexibility index (Phi) is 6.65. The largest absolute Gasteiger partial charge is 0.455 e. The maximum absolute atomic E-state index is 6.83. The molecule has 0 aliphatic heterocycles. The molecule has 5 aromatic carbocycles. The summed E-state index contributed by atoms with van der Waals surface area (Å²) in [6, 6.07) is 42.7. The van der Waals surface area contributed by atoms with Crippen molar-refractivity contribution in [2.75, 3.05) is 4.90 Å². The van der Waals surface area contributed by atoms with Gasteiger partial charge in [0.2, 0.25) is 0 Å². The third-order valence-corrected chi connectivity index (χ3v) is 11.0. The van der Waals surface area contributed by atoms with Crippen LogP contribution in [0.25, 0.3) is 43.9 Å². The summed E-state index contributed by atoms with van der Waals surface area (Å²) in [5.41, 5.74) is 8.05. The lowest BCUT2D eigenvalue weighted by molar-refractivity contribution is 0.310. The predicted molar refractivity (Wildman–Crippen MR) is 186 cm³/mol. The van der Waals surface area contributed by atoms with Crippen molar-refractivity contribution < 1.29 is 8.83 Å². The van der Waals surface area contributed by atoms with E-state index in [0.29, 0.717) is 23.9 Å². The fourth-order valence-electron chi connectivity index (χ4n) is 8.76. The van der Waals surface area contributed by atoms with Gasteiger partial charge in [0, 0.05) is 28.2 Å². The van der Waals surface area contributed by atoms with Crippen LogP contribution in [0, 0.1) is 0 Å². The normalized spacial score (nSPS) is 22.4. The summed E-state index contributed by atoms with van der Waals surface area (Å²) >= 11 is 0. The Bertz CT molecular complexity index is 2030. The van der Waals surface area contributed by atoms with Crippen molar-refractivity contribution in [2.24, 2.45) is 0 Å². The molecule has 7 aromatic rings. The first-order valence-corrected chi connectivity index (χ1v) is 17.0. The van der Waals surface area contributed by atoms with Crippen molar-refractivity contribution in [3.63, 3.8) is 0 Å². The van der Waals surface area contributed by atoms with E-state index in [2.05, 4.69) is 120 Å². The Morgan fingerprint density at radius 2 is 0.911 bits per heavy atom. The van der Waals surface area contributed by atoms with Gasteiger partial charge in [0.1, 0.15) is 16.7 Å². The number of rotatable bonds is 5. The van der Waals surface area contributed by atoms with E-state index in [1.54, 1.807) is 0 Å². The summed E-state index contributed by atoms with van der Waals surface area (Å²) in [7, 11) is 0. The van der Waals surface area contributed by atoms with Gasteiger partial charge in [0.25, 0.3) is 0 Å². The van der Waals surface area contributed by atoms with Crippen molar-refractivity contribution >= 4 is 49.6 Å². The fraction of sp³-hybridized carbons (Fsp3) is 0.286. The topological polar surface area (TPSA) is 29.5 Å². The Labute approximate surface area is 264 Å². The van der Waals surface area contributed by atoms with Gasteiger partial charge in [-0.1, -0.05) is 97.1 Å². The van der Waals surface area contributed by atoms with Crippen molar-refractivity contribution in [3.8, 4) is 0 Å². The average Bonchev–Trinajstić information content (AvgIpc) is 3.69. The fourth-order valence-corrected chi connectivity index (χ4v) is 8.76. The summed E-state index contributed by atoms with van der Waals surface area (Å²) in [4.78, 5) is 2.84. The van der Waals surface area contributed by atoms with Gasteiger partial charge in [-0.2, -0.15) is 0 Å². The zero-order valence-corrected chi connectivity index (χ0v) is 25.7. The van der Waals surface area contributed by atoms with Gasteiger partial charge in [-0.15, -0.1) is 0 Å². The summed E-state index contributed by atoms with van der Waals surface area (Å²) in [6.07, 6.45) is 9.70. The second kappa shape index (κ2) is 11.1. The zero-order chi connectivity index (χ0) is 29.7. The summed E-state index contributed by atoms with van der Waals surface area (Å²) in [6.45, 7) is 0. The van der Waals surface area contributed by atoms with Crippen LogP contribution >= 0.6 is 0 Å². The molecule has 2 saturated carbocycles. The van der Waals surface area contributed by atoms with E-state index in [-0.39, 0.29) is 0 Å². The Morgan fingerprint density at radius 3 is 1.49 bits per heavy atom. The van der Waals surface area contributed by atoms with Crippen LogP contribution in [0.3, 0.4) is 0 Å². The highest BCUT2D eigenvalue weighted by Gasteiger charge is 2.36. The second-order valence-electron chi connectivity index (χ2n) is 13.4. The third-order valence-electron chi connectivity index (χ3n) is 11.0. The number of anilines is 1. The molecule has 2 aromatic heterocycles. The van der Waals surface area contributed by atoms with Gasteiger partial charge in [0.15, 0.2) is 5.58 Å². The minimum atomic E-state index is 0.482. The quantitative estimate of drug-likeness (QED) is 0.200. The molecule has 2 fully saturated rings. The minimum absolute atomic E-state index is 0.482. The first-order chi connectivity index (χ1) is 22.3. The standard InChI is InChI=1S/C42H39NO2/c1-3-11-28(12-4-1)30-19-23-32(24-20-30)43(33-25-21-31(22-26-33)29-13-5-2-6-14-29)37-27-36-34-15-7-9-17-38(34)44-41(36)40-35-16-8-10-18-39(35)45-42(37)40/h1-18,27,30-33H,19-26H2. The summed E-state index contributed by atoms with van der Waals surface area (Å²) < 4.78 is 13.4. The number of nitrogens with zero attached hydrogens (tertiary/aromatic N) is 1. The number of fused-ring (bicyclic) bond motifs is 7. The van der Waals surface area contributed by atoms with E-state index >= 15 is 0 Å². The molecule has 0 amide bonds. The molecule has 2 aliphatic rings. The molecule has 0 spiro atoms. The molecule has 9 rings (SSSR count). The van der Waals surface area contributed by atoms with Gasteiger partial charge >= 0.3 is 0 Å². The lowest BCUT2D eigenvalue weighted by Gasteiger charge is -2.45. The van der Waals surface area contributed by atoms with Gasteiger partial charge in [-0.25, -0.2) is 0 Å². The van der Waals surface area contributed by atoms with E-state index in [4.69, 9.17) is 8.83 Å². The molecule has 0 N–H and O–H groups in total. The molecule has 0 atom stereocenters. The molecule has 3 nitrogen and oxygen atoms in total. The number of para-hydroxylation sites is 2. The van der Waals surface area contributed by atoms with Crippen LogP contribution < -0.4 is 4.90 Å². The maximum atomic E-state index is 6.83. The van der Waals surface area contributed by atoms with Gasteiger partial charge in [-0.3, -0.25) is 0 Å². The molecule has 0 radical (unpaired) electrons. The molecule has 3 heteroatoms. The van der Waals surface area contributed by atoms with Crippen LogP contribution in [0.4, 0.5) is 5.69 Å². The third kappa shape index (κ3) is 4.63. The molecule has 0 bridgehead atoms. The highest BCUT2D eigenvalue weighted by Crippen LogP contribution is 2.48. The van der Waals surface area contributed by atoms with Gasteiger partial charge in [0.05, 0.1) is 11.1 Å². The van der Waals surface area contributed by atoms with Crippen LogP contribution in [0.2, 0.25) is 0 Å². The van der Waals surface area contributed by atoms with E-state index in [1.807, 2.05) is 0 Å². The Hall–Kier alpha value is -4.50. The number of hydrogen-bond acceptors (Lipinski definition) is 3. The highest BCUT2D eigenvalue weighted by atomic mass is 16.3. The summed E-state index contributed by atoms with van der Waals surface area (Å²) in [5, 5.41) is 4.64. The predicted octanol–water partition coefficient (Wildman–Crippen LogP) is 11.7. The molecule has 224 valence electrons. The van der Waals surface area contributed by atoms with Gasteiger partial charge < -0.3 is 13.7 Å². The number of hydrogen-bond donors (Lipinski definition) is 0. The van der Waals surface area contributed by atoms with E-state index < -0.39 is 0 Å². The Balaban J connectivity index is 1.17. The molecular formula is C42H39NO2. The monoisotopic (exact) mass is 589 g/mol. The lowest BCUT2D eigenvalue weighted by Crippen LogP contribution is -2.46. The highest BCUT2D eigenvalue weighted by molar-refractivity contribution is 6.25. The number of benzene rings is 5. The summed E-state index contributed by atoms with van der Waals surface area (Å²) in [5.74, 6) is 1.29. The molecule has 2 heterocycles. The van der Waals surface area contributed by atoms with Crippen LogP contribution in [0.5, 0.6) is 0 Å². The van der Waals surface area contributed by atoms with Crippen molar-refractivity contribution in [2.45, 2.75) is 75.3 Å². The number of furan rings is 2. The SMILES string of the molecule is c1ccc(C2CCC(N(c3cc4c5ccccc5oc4c4c3oc3ccccc34)C3CCC(c4ccccc4)CC3)CC2)cc1. The van der Waals surface area contributed by atoms with Crippen LogP contribution in [-0.2, 0) is 0 Å². The van der Waals surface area contributed by atoms with E-state index in [0.717, 1.165) is 33.1 Å². The van der Waals surface area contributed by atoms with Crippen molar-refractivity contribution in [1.82, 2.24) is 0 Å². The Morgan fingerprint density at radius 1 is 0.444 bits per heavy atom. The maximum Gasteiger partial charge on any atom is 0.162 e. The van der Waals surface area contributed by atoms with Crippen LogP contribution in [-0.4, -0.2) is 12.1 Å².